The first-order valence-corrected chi connectivity index (χ1v) is 10.9. The number of morpholine rings is 1. The summed E-state index contributed by atoms with van der Waals surface area (Å²) in [7, 11) is 0. The van der Waals surface area contributed by atoms with Gasteiger partial charge in [0, 0.05) is 49.2 Å². The summed E-state index contributed by atoms with van der Waals surface area (Å²) in [4.78, 5) is 27.9. The minimum Gasteiger partial charge on any atom is -0.378 e. The van der Waals surface area contributed by atoms with Gasteiger partial charge >= 0.3 is 0 Å². The van der Waals surface area contributed by atoms with E-state index in [1.54, 1.807) is 12.1 Å². The van der Waals surface area contributed by atoms with E-state index in [9.17, 15) is 14.9 Å². The van der Waals surface area contributed by atoms with Gasteiger partial charge in [-0.25, -0.2) is 0 Å². The molecule has 0 bridgehead atoms. The summed E-state index contributed by atoms with van der Waals surface area (Å²) >= 11 is 5.25. The van der Waals surface area contributed by atoms with Crippen molar-refractivity contribution in [2.45, 2.75) is 13.8 Å². The Labute approximate surface area is 192 Å². The highest BCUT2D eigenvalue weighted by molar-refractivity contribution is 7.80. The van der Waals surface area contributed by atoms with Crippen LogP contribution in [-0.2, 0) is 4.74 Å². The van der Waals surface area contributed by atoms with Crippen LogP contribution in [0.2, 0.25) is 0 Å². The first-order valence-electron chi connectivity index (χ1n) is 10.5. The molecule has 170 valence electrons. The number of nitrogens with zero attached hydrogens (tertiary/aromatic N) is 3. The Hall–Kier alpha value is -3.24. The van der Waals surface area contributed by atoms with Crippen LogP contribution in [0.4, 0.5) is 22.7 Å². The van der Waals surface area contributed by atoms with Crippen LogP contribution in [0.5, 0.6) is 0 Å². The third-order valence-electron chi connectivity index (χ3n) is 5.27. The lowest BCUT2D eigenvalue weighted by Gasteiger charge is -2.28. The number of nitrogens with one attached hydrogen (secondary N) is 2. The van der Waals surface area contributed by atoms with Gasteiger partial charge in [-0.3, -0.25) is 20.2 Å². The van der Waals surface area contributed by atoms with Crippen molar-refractivity contribution in [1.29, 1.82) is 0 Å². The van der Waals surface area contributed by atoms with Gasteiger partial charge in [0.2, 0.25) is 0 Å². The average molecular weight is 458 g/mol. The largest absolute Gasteiger partial charge is 0.378 e. The number of nitro benzene ring substituents is 1. The van der Waals surface area contributed by atoms with Gasteiger partial charge in [-0.1, -0.05) is 0 Å². The molecule has 2 aromatic rings. The van der Waals surface area contributed by atoms with Gasteiger partial charge in [-0.05, 0) is 62.5 Å². The summed E-state index contributed by atoms with van der Waals surface area (Å²) < 4.78 is 5.31. The molecule has 0 aromatic heterocycles. The third-order valence-corrected chi connectivity index (χ3v) is 5.47. The van der Waals surface area contributed by atoms with Crippen molar-refractivity contribution in [3.63, 3.8) is 0 Å². The predicted octanol–water partition coefficient (Wildman–Crippen LogP) is 3.40. The molecule has 1 fully saturated rings. The Bertz CT molecular complexity index is 973. The topological polar surface area (TPSA) is 100.0 Å². The number of thiocarbonyl (C=S) groups is 1. The zero-order valence-corrected chi connectivity index (χ0v) is 19.0. The molecule has 0 atom stereocenters. The molecule has 2 aromatic carbocycles. The molecule has 0 saturated carbocycles. The van der Waals surface area contributed by atoms with Crippen molar-refractivity contribution in [1.82, 2.24) is 5.32 Å². The molecule has 1 amide bonds. The average Bonchev–Trinajstić information content (AvgIpc) is 2.81. The fourth-order valence-corrected chi connectivity index (χ4v) is 3.78. The zero-order chi connectivity index (χ0) is 23.1. The van der Waals surface area contributed by atoms with Crippen molar-refractivity contribution in [2.24, 2.45) is 0 Å². The second-order valence-electron chi connectivity index (χ2n) is 7.19. The Morgan fingerprint density at radius 2 is 1.81 bits per heavy atom. The van der Waals surface area contributed by atoms with Crippen LogP contribution >= 0.6 is 12.2 Å². The van der Waals surface area contributed by atoms with Crippen molar-refractivity contribution in [2.75, 3.05) is 54.5 Å². The van der Waals surface area contributed by atoms with Crippen LogP contribution in [0.25, 0.3) is 0 Å². The summed E-state index contributed by atoms with van der Waals surface area (Å²) in [5.41, 5.74) is 2.35. The number of carbonyl (C=O) groups excluding carboxylic acids is 1. The summed E-state index contributed by atoms with van der Waals surface area (Å²) in [6.07, 6.45) is 0. The molecular weight excluding hydrogens is 430 g/mol. The first-order chi connectivity index (χ1) is 15.4. The smallest absolute Gasteiger partial charge is 0.293 e. The van der Waals surface area contributed by atoms with Crippen LogP contribution < -0.4 is 20.4 Å². The molecule has 9 nitrogen and oxygen atoms in total. The summed E-state index contributed by atoms with van der Waals surface area (Å²) in [6.45, 7) is 8.16. The van der Waals surface area contributed by atoms with E-state index in [4.69, 9.17) is 17.0 Å². The Morgan fingerprint density at radius 3 is 2.41 bits per heavy atom. The van der Waals surface area contributed by atoms with E-state index < -0.39 is 10.8 Å². The predicted molar refractivity (Wildman–Crippen MR) is 130 cm³/mol. The van der Waals surface area contributed by atoms with Gasteiger partial charge in [-0.15, -0.1) is 0 Å². The molecule has 0 aliphatic carbocycles. The molecule has 1 aliphatic rings. The Morgan fingerprint density at radius 1 is 1.16 bits per heavy atom. The fraction of sp³-hybridized carbons (Fsp3) is 0.364. The molecule has 0 unspecified atom stereocenters. The maximum absolute atomic E-state index is 12.6. The van der Waals surface area contributed by atoms with Gasteiger partial charge in [-0.2, -0.15) is 0 Å². The number of anilines is 3. The number of carbonyl (C=O) groups is 1. The van der Waals surface area contributed by atoms with Crippen LogP contribution in [-0.4, -0.2) is 55.3 Å². The van der Waals surface area contributed by atoms with E-state index in [0.29, 0.717) is 32.0 Å². The van der Waals surface area contributed by atoms with E-state index in [2.05, 4.69) is 29.4 Å². The molecular formula is C22H27N5O4S. The number of ether oxygens (including phenoxy) is 1. The minimum absolute atomic E-state index is 0.116. The van der Waals surface area contributed by atoms with Crippen LogP contribution in [0.15, 0.2) is 42.5 Å². The van der Waals surface area contributed by atoms with Crippen molar-refractivity contribution < 1.29 is 14.5 Å². The molecule has 1 saturated heterocycles. The van der Waals surface area contributed by atoms with Gasteiger partial charge in [0.05, 0.1) is 18.1 Å². The van der Waals surface area contributed by atoms with Crippen LogP contribution in [0, 0.1) is 10.1 Å². The van der Waals surface area contributed by atoms with E-state index in [1.165, 1.54) is 6.07 Å². The number of hydrogen-bond acceptors (Lipinski definition) is 7. The third kappa shape index (κ3) is 5.71. The Balaban J connectivity index is 1.66. The monoisotopic (exact) mass is 457 g/mol. The first kappa shape index (κ1) is 23.4. The lowest BCUT2D eigenvalue weighted by molar-refractivity contribution is -0.384. The molecule has 32 heavy (non-hydrogen) atoms. The minimum atomic E-state index is -0.515. The lowest BCUT2D eigenvalue weighted by atomic mass is 10.1. The number of amides is 1. The molecule has 0 spiro atoms. The Kier molecular flexibility index (Phi) is 7.96. The molecule has 2 N–H and O–H groups in total. The summed E-state index contributed by atoms with van der Waals surface area (Å²) in [6, 6.07) is 12.2. The second kappa shape index (κ2) is 10.9. The number of hydrogen-bond donors (Lipinski definition) is 2. The lowest BCUT2D eigenvalue weighted by Crippen LogP contribution is -2.37. The molecule has 10 heteroatoms. The standard InChI is InChI=1S/C22H27N5O4S/c1-3-25(4-2)18-8-6-17(7-9-18)23-22(32)24-21(28)16-5-10-19(20(15-16)27(29)30)26-11-13-31-14-12-26/h5-10,15H,3-4,11-14H2,1-2H3,(H2,23,24,28,32). The second-order valence-corrected chi connectivity index (χ2v) is 7.60. The van der Waals surface area contributed by atoms with E-state index in [1.807, 2.05) is 29.2 Å². The fourth-order valence-electron chi connectivity index (χ4n) is 3.56. The van der Waals surface area contributed by atoms with Gasteiger partial charge in [0.15, 0.2) is 5.11 Å². The van der Waals surface area contributed by atoms with Gasteiger partial charge in [0.1, 0.15) is 5.69 Å². The molecule has 3 rings (SSSR count). The zero-order valence-electron chi connectivity index (χ0n) is 18.2. The maximum Gasteiger partial charge on any atom is 0.293 e. The highest BCUT2D eigenvalue weighted by Gasteiger charge is 2.23. The van der Waals surface area contributed by atoms with Gasteiger partial charge in [0.25, 0.3) is 11.6 Å². The molecule has 1 heterocycles. The molecule has 0 radical (unpaired) electrons. The number of rotatable bonds is 7. The van der Waals surface area contributed by atoms with E-state index in [0.717, 1.165) is 24.5 Å². The summed E-state index contributed by atoms with van der Waals surface area (Å²) in [5, 5.41) is 17.3. The van der Waals surface area contributed by atoms with Crippen molar-refractivity contribution in [3.05, 3.63) is 58.1 Å². The highest BCUT2D eigenvalue weighted by Crippen LogP contribution is 2.30. The van der Waals surface area contributed by atoms with Crippen LogP contribution in [0.3, 0.4) is 0 Å². The normalized spacial score (nSPS) is 13.4. The molecule has 1 aliphatic heterocycles. The van der Waals surface area contributed by atoms with E-state index in [-0.39, 0.29) is 16.4 Å². The maximum atomic E-state index is 12.6. The quantitative estimate of drug-likeness (QED) is 0.371. The highest BCUT2D eigenvalue weighted by atomic mass is 32.1. The van der Waals surface area contributed by atoms with Crippen molar-refractivity contribution in [3.8, 4) is 0 Å². The SMILES string of the molecule is CCN(CC)c1ccc(NC(=S)NC(=O)c2ccc(N3CCOCC3)c([N+](=O)[O-])c2)cc1. The van der Waals surface area contributed by atoms with Crippen molar-refractivity contribution >= 4 is 46.0 Å². The van der Waals surface area contributed by atoms with Gasteiger partial charge < -0.3 is 19.9 Å². The van der Waals surface area contributed by atoms with E-state index >= 15 is 0 Å². The van der Waals surface area contributed by atoms with Crippen LogP contribution in [0.1, 0.15) is 24.2 Å². The summed E-state index contributed by atoms with van der Waals surface area (Å²) in [5.74, 6) is -0.515. The number of nitro groups is 1. The number of benzene rings is 2.